The average molecular weight is 272 g/mol. The van der Waals surface area contributed by atoms with E-state index >= 15 is 0 Å². The quantitative estimate of drug-likeness (QED) is 0.723. The lowest BCUT2D eigenvalue weighted by atomic mass is 10.4. The van der Waals surface area contributed by atoms with Crippen molar-refractivity contribution in [1.29, 1.82) is 0 Å². The molecule has 0 spiro atoms. The maximum absolute atomic E-state index is 11.8. The third kappa shape index (κ3) is 3.82. The average Bonchev–Trinajstić information content (AvgIpc) is 2.28. The Hall–Kier alpha value is -1.93. The van der Waals surface area contributed by atoms with E-state index in [1.165, 1.54) is 24.3 Å². The molecule has 1 amide bonds. The summed E-state index contributed by atoms with van der Waals surface area (Å²) >= 11 is 0. The predicted molar refractivity (Wildman–Crippen MR) is 61.8 cm³/mol. The molecule has 0 fully saturated rings. The Labute approximate surface area is 104 Å². The minimum Gasteiger partial charge on any atom is -0.480 e. The van der Waals surface area contributed by atoms with Gasteiger partial charge in [-0.1, -0.05) is 18.2 Å². The first-order chi connectivity index (χ1) is 8.33. The molecule has 2 N–H and O–H groups in total. The van der Waals surface area contributed by atoms with Crippen LogP contribution in [0.3, 0.4) is 0 Å². The predicted octanol–water partition coefficient (Wildman–Crippen LogP) is -0.187. The van der Waals surface area contributed by atoms with E-state index in [-0.39, 0.29) is 4.90 Å². The number of sulfonamides is 1. The number of hydrogen-bond acceptors (Lipinski definition) is 4. The molecule has 8 heteroatoms. The molecule has 18 heavy (non-hydrogen) atoms. The molecular weight excluding hydrogens is 260 g/mol. The van der Waals surface area contributed by atoms with Crippen molar-refractivity contribution >= 4 is 21.9 Å². The molecule has 0 atom stereocenters. The molecule has 0 aromatic heterocycles. The van der Waals surface area contributed by atoms with E-state index in [2.05, 4.69) is 0 Å². The third-order valence-electron chi connectivity index (χ3n) is 1.96. The first kappa shape index (κ1) is 14.1. The zero-order valence-electron chi connectivity index (χ0n) is 9.53. The molecule has 0 radical (unpaired) electrons. The summed E-state index contributed by atoms with van der Waals surface area (Å²) < 4.78 is 23.7. The molecule has 1 rings (SSSR count). The van der Waals surface area contributed by atoms with Gasteiger partial charge in [-0.3, -0.25) is 14.6 Å². The summed E-state index contributed by atoms with van der Waals surface area (Å²) in [6.07, 6.45) is 0. The van der Waals surface area contributed by atoms with Crippen LogP contribution in [0.2, 0.25) is 0 Å². The standard InChI is InChI=1S/C10H12N2O5S/c1-8(13)12(7-10(14)15)11-18(16,17)9-5-3-2-4-6-9/h2-6,11H,7H2,1H3,(H,14,15). The van der Waals surface area contributed by atoms with Gasteiger partial charge in [0.1, 0.15) is 6.54 Å². The van der Waals surface area contributed by atoms with E-state index < -0.39 is 28.4 Å². The van der Waals surface area contributed by atoms with Crippen molar-refractivity contribution in [3.05, 3.63) is 30.3 Å². The summed E-state index contributed by atoms with van der Waals surface area (Å²) in [7, 11) is -3.96. The van der Waals surface area contributed by atoms with Crippen molar-refractivity contribution in [3.8, 4) is 0 Å². The van der Waals surface area contributed by atoms with Crippen molar-refractivity contribution in [3.63, 3.8) is 0 Å². The highest BCUT2D eigenvalue weighted by molar-refractivity contribution is 7.89. The number of nitrogens with zero attached hydrogens (tertiary/aromatic N) is 1. The lowest BCUT2D eigenvalue weighted by molar-refractivity contribution is -0.144. The van der Waals surface area contributed by atoms with Crippen molar-refractivity contribution in [1.82, 2.24) is 9.84 Å². The van der Waals surface area contributed by atoms with Crippen LogP contribution in [0.15, 0.2) is 35.2 Å². The Balaban J connectivity index is 2.93. The number of carbonyl (C=O) groups excluding carboxylic acids is 1. The van der Waals surface area contributed by atoms with Gasteiger partial charge in [0.05, 0.1) is 4.90 Å². The Morgan fingerprint density at radius 3 is 2.28 bits per heavy atom. The monoisotopic (exact) mass is 272 g/mol. The van der Waals surface area contributed by atoms with Gasteiger partial charge < -0.3 is 5.11 Å². The van der Waals surface area contributed by atoms with E-state index in [4.69, 9.17) is 5.11 Å². The van der Waals surface area contributed by atoms with Gasteiger partial charge in [0.2, 0.25) is 5.91 Å². The summed E-state index contributed by atoms with van der Waals surface area (Å²) in [5.74, 6) is -2.03. The summed E-state index contributed by atoms with van der Waals surface area (Å²) in [5, 5.41) is 9.09. The Morgan fingerprint density at radius 2 is 1.83 bits per heavy atom. The zero-order chi connectivity index (χ0) is 13.8. The fourth-order valence-corrected chi connectivity index (χ4v) is 2.24. The molecule has 1 aromatic rings. The largest absolute Gasteiger partial charge is 0.480 e. The third-order valence-corrected chi connectivity index (χ3v) is 3.31. The summed E-state index contributed by atoms with van der Waals surface area (Å²) in [6, 6.07) is 7.34. The fourth-order valence-electron chi connectivity index (χ4n) is 1.14. The van der Waals surface area contributed by atoms with Crippen molar-refractivity contribution in [2.45, 2.75) is 11.8 Å². The molecule has 98 valence electrons. The van der Waals surface area contributed by atoms with Crippen molar-refractivity contribution < 1.29 is 23.1 Å². The van der Waals surface area contributed by atoms with Crippen molar-refractivity contribution in [2.24, 2.45) is 0 Å². The molecule has 0 aliphatic rings. The minimum absolute atomic E-state index is 0.0540. The second-order valence-electron chi connectivity index (χ2n) is 3.41. The topological polar surface area (TPSA) is 104 Å². The molecule has 0 aliphatic carbocycles. The minimum atomic E-state index is -3.96. The number of hydrazine groups is 1. The van der Waals surface area contributed by atoms with E-state index in [1.54, 1.807) is 6.07 Å². The van der Waals surface area contributed by atoms with Crippen LogP contribution in [0.25, 0.3) is 0 Å². The van der Waals surface area contributed by atoms with Gasteiger partial charge in [-0.05, 0) is 12.1 Å². The molecular formula is C10H12N2O5S. The maximum atomic E-state index is 11.8. The number of aliphatic carboxylic acids is 1. The molecule has 0 heterocycles. The van der Waals surface area contributed by atoms with E-state index in [0.717, 1.165) is 6.92 Å². The van der Waals surface area contributed by atoms with E-state index in [9.17, 15) is 18.0 Å². The first-order valence-corrected chi connectivity index (χ1v) is 6.38. The number of hydrogen-bond donors (Lipinski definition) is 2. The number of carboxylic acid groups (broad SMARTS) is 1. The fraction of sp³-hybridized carbons (Fsp3) is 0.200. The van der Waals surface area contributed by atoms with Crippen LogP contribution >= 0.6 is 0 Å². The van der Waals surface area contributed by atoms with Gasteiger partial charge in [0.25, 0.3) is 10.0 Å². The van der Waals surface area contributed by atoms with Gasteiger partial charge in [-0.25, -0.2) is 8.42 Å². The van der Waals surface area contributed by atoms with Crippen LogP contribution in [-0.4, -0.2) is 37.0 Å². The smallest absolute Gasteiger partial charge is 0.324 e. The lowest BCUT2D eigenvalue weighted by Crippen LogP contribution is -2.47. The van der Waals surface area contributed by atoms with E-state index in [1.807, 2.05) is 4.83 Å². The summed E-state index contributed by atoms with van der Waals surface area (Å²) in [6.45, 7) is 0.317. The molecule has 0 aliphatic heterocycles. The van der Waals surface area contributed by atoms with E-state index in [0.29, 0.717) is 5.01 Å². The first-order valence-electron chi connectivity index (χ1n) is 4.90. The number of carboxylic acids is 1. The highest BCUT2D eigenvalue weighted by Crippen LogP contribution is 2.07. The van der Waals surface area contributed by atoms with Crippen LogP contribution in [0.4, 0.5) is 0 Å². The van der Waals surface area contributed by atoms with Crippen LogP contribution < -0.4 is 4.83 Å². The molecule has 0 saturated heterocycles. The van der Waals surface area contributed by atoms with Gasteiger partial charge in [0, 0.05) is 6.92 Å². The Kier molecular flexibility index (Phi) is 4.40. The van der Waals surface area contributed by atoms with Crippen LogP contribution in [-0.2, 0) is 19.6 Å². The molecule has 7 nitrogen and oxygen atoms in total. The Bertz CT molecular complexity index is 541. The number of carbonyl (C=O) groups is 2. The molecule has 0 bridgehead atoms. The SMILES string of the molecule is CC(=O)N(CC(=O)O)NS(=O)(=O)c1ccccc1. The molecule has 0 unspecified atom stereocenters. The van der Waals surface area contributed by atoms with Crippen LogP contribution in [0.1, 0.15) is 6.92 Å². The van der Waals surface area contributed by atoms with Gasteiger partial charge in [-0.15, -0.1) is 4.83 Å². The normalized spacial score (nSPS) is 10.9. The summed E-state index contributed by atoms with van der Waals surface area (Å²) in [5.41, 5.74) is 0. The van der Waals surface area contributed by atoms with Gasteiger partial charge in [-0.2, -0.15) is 0 Å². The van der Waals surface area contributed by atoms with Crippen molar-refractivity contribution in [2.75, 3.05) is 6.54 Å². The second-order valence-corrected chi connectivity index (χ2v) is 5.07. The maximum Gasteiger partial charge on any atom is 0.324 e. The van der Waals surface area contributed by atoms with Crippen LogP contribution in [0.5, 0.6) is 0 Å². The summed E-state index contributed by atoms with van der Waals surface area (Å²) in [4.78, 5) is 23.5. The van der Waals surface area contributed by atoms with Crippen LogP contribution in [0, 0.1) is 0 Å². The van der Waals surface area contributed by atoms with Gasteiger partial charge in [0.15, 0.2) is 0 Å². The number of nitrogens with one attached hydrogen (secondary N) is 1. The lowest BCUT2D eigenvalue weighted by Gasteiger charge is -2.19. The molecule has 1 aromatic carbocycles. The number of amides is 1. The zero-order valence-corrected chi connectivity index (χ0v) is 10.3. The second kappa shape index (κ2) is 5.61. The highest BCUT2D eigenvalue weighted by Gasteiger charge is 2.21. The number of rotatable bonds is 5. The number of benzene rings is 1. The van der Waals surface area contributed by atoms with Gasteiger partial charge >= 0.3 is 5.97 Å². The Morgan fingerprint density at radius 1 is 1.28 bits per heavy atom. The molecule has 0 saturated carbocycles. The highest BCUT2D eigenvalue weighted by atomic mass is 32.2.